The minimum atomic E-state index is -0.215. The summed E-state index contributed by atoms with van der Waals surface area (Å²) in [6.07, 6.45) is 0. The van der Waals surface area contributed by atoms with Gasteiger partial charge in [-0.1, -0.05) is 29.8 Å². The Kier molecular flexibility index (Phi) is 4.57. The second kappa shape index (κ2) is 6.80. The van der Waals surface area contributed by atoms with Crippen LogP contribution in [0.2, 0.25) is 5.02 Å². The number of rotatable bonds is 4. The van der Waals surface area contributed by atoms with E-state index in [1.807, 2.05) is 32.0 Å². The predicted octanol–water partition coefficient (Wildman–Crippen LogP) is 3.57. The molecule has 0 fully saturated rings. The fourth-order valence-corrected chi connectivity index (χ4v) is 2.48. The van der Waals surface area contributed by atoms with Crippen molar-refractivity contribution in [2.24, 2.45) is 0 Å². The van der Waals surface area contributed by atoms with Crippen molar-refractivity contribution in [3.05, 3.63) is 58.6 Å². The number of carbonyl (C=O) groups excluding carboxylic acids is 1. The summed E-state index contributed by atoms with van der Waals surface area (Å²) in [6.45, 7) is 4.52. The first kappa shape index (κ1) is 16.1. The van der Waals surface area contributed by atoms with Gasteiger partial charge in [-0.3, -0.25) is 4.79 Å². The second-order valence-electron chi connectivity index (χ2n) is 5.32. The van der Waals surface area contributed by atoms with Crippen LogP contribution in [-0.2, 0) is 6.54 Å². The van der Waals surface area contributed by atoms with E-state index in [-0.39, 0.29) is 5.91 Å². The number of nitrogens with one attached hydrogen (secondary N) is 1. The van der Waals surface area contributed by atoms with E-state index in [1.54, 1.807) is 28.9 Å². The van der Waals surface area contributed by atoms with Crippen LogP contribution < -0.4 is 5.32 Å². The molecule has 0 aliphatic carbocycles. The Hall–Kier alpha value is -2.73. The summed E-state index contributed by atoms with van der Waals surface area (Å²) in [7, 11) is 0. The molecular formula is C17H16ClN5O. The molecule has 0 atom stereocenters. The highest BCUT2D eigenvalue weighted by Crippen LogP contribution is 2.22. The molecule has 0 saturated carbocycles. The van der Waals surface area contributed by atoms with Crippen molar-refractivity contribution in [3.63, 3.8) is 0 Å². The number of carbonyl (C=O) groups is 1. The first-order valence-corrected chi connectivity index (χ1v) is 7.90. The lowest BCUT2D eigenvalue weighted by molar-refractivity contribution is 0.102. The highest BCUT2D eigenvalue weighted by Gasteiger charge is 2.12. The summed E-state index contributed by atoms with van der Waals surface area (Å²) < 4.78 is 1.68. The van der Waals surface area contributed by atoms with Crippen LogP contribution in [0.5, 0.6) is 0 Å². The van der Waals surface area contributed by atoms with Crippen molar-refractivity contribution in [2.75, 3.05) is 5.32 Å². The maximum Gasteiger partial charge on any atom is 0.255 e. The zero-order valence-electron chi connectivity index (χ0n) is 13.3. The van der Waals surface area contributed by atoms with E-state index in [0.717, 1.165) is 11.1 Å². The highest BCUT2D eigenvalue weighted by molar-refractivity contribution is 6.31. The fourth-order valence-electron chi connectivity index (χ4n) is 2.30. The predicted molar refractivity (Wildman–Crippen MR) is 93.1 cm³/mol. The van der Waals surface area contributed by atoms with Crippen molar-refractivity contribution >= 4 is 23.2 Å². The van der Waals surface area contributed by atoms with Gasteiger partial charge in [-0.15, -0.1) is 5.10 Å². The maximum absolute atomic E-state index is 12.5. The summed E-state index contributed by atoms with van der Waals surface area (Å²) in [4.78, 5) is 12.5. The normalized spacial score (nSPS) is 10.6. The average Bonchev–Trinajstić information content (AvgIpc) is 3.07. The minimum absolute atomic E-state index is 0.215. The molecule has 1 amide bonds. The second-order valence-corrected chi connectivity index (χ2v) is 5.72. The summed E-state index contributed by atoms with van der Waals surface area (Å²) >= 11 is 6.09. The van der Waals surface area contributed by atoms with E-state index in [1.165, 1.54) is 0 Å². The van der Waals surface area contributed by atoms with Crippen LogP contribution in [0.1, 0.15) is 22.8 Å². The first-order chi connectivity index (χ1) is 11.6. The Bertz CT molecular complexity index is 890. The van der Waals surface area contributed by atoms with Gasteiger partial charge >= 0.3 is 0 Å². The molecule has 0 saturated heterocycles. The van der Waals surface area contributed by atoms with Gasteiger partial charge in [-0.2, -0.15) is 0 Å². The number of aryl methyl sites for hydroxylation is 2. The molecule has 1 heterocycles. The zero-order chi connectivity index (χ0) is 17.1. The van der Waals surface area contributed by atoms with Gasteiger partial charge in [0, 0.05) is 28.4 Å². The van der Waals surface area contributed by atoms with Crippen molar-refractivity contribution in [3.8, 4) is 11.4 Å². The van der Waals surface area contributed by atoms with E-state index in [0.29, 0.717) is 28.6 Å². The van der Waals surface area contributed by atoms with Gasteiger partial charge < -0.3 is 5.32 Å². The third kappa shape index (κ3) is 3.28. The third-order valence-electron chi connectivity index (χ3n) is 3.64. The van der Waals surface area contributed by atoms with Gasteiger partial charge in [0.15, 0.2) is 5.82 Å². The van der Waals surface area contributed by atoms with Crippen molar-refractivity contribution < 1.29 is 4.79 Å². The minimum Gasteiger partial charge on any atom is -0.322 e. The van der Waals surface area contributed by atoms with Crippen molar-refractivity contribution in [1.29, 1.82) is 0 Å². The molecule has 0 unspecified atom stereocenters. The van der Waals surface area contributed by atoms with Crippen LogP contribution in [-0.4, -0.2) is 26.1 Å². The highest BCUT2D eigenvalue weighted by atomic mass is 35.5. The summed E-state index contributed by atoms with van der Waals surface area (Å²) in [5, 5.41) is 15.1. The molecule has 0 aliphatic heterocycles. The number of hydrogen-bond acceptors (Lipinski definition) is 4. The molecule has 0 bridgehead atoms. The molecule has 1 aromatic heterocycles. The lowest BCUT2D eigenvalue weighted by atomic mass is 10.1. The molecule has 122 valence electrons. The van der Waals surface area contributed by atoms with Crippen LogP contribution in [0, 0.1) is 6.92 Å². The Morgan fingerprint density at radius 3 is 2.83 bits per heavy atom. The Balaban J connectivity index is 1.85. The van der Waals surface area contributed by atoms with Gasteiger partial charge in [-0.05, 0) is 54.1 Å². The zero-order valence-corrected chi connectivity index (χ0v) is 14.1. The molecular weight excluding hydrogens is 326 g/mol. The van der Waals surface area contributed by atoms with Crippen molar-refractivity contribution in [1.82, 2.24) is 20.2 Å². The van der Waals surface area contributed by atoms with Gasteiger partial charge in [0.05, 0.1) is 0 Å². The van der Waals surface area contributed by atoms with Gasteiger partial charge in [-0.25, -0.2) is 4.68 Å². The monoisotopic (exact) mass is 341 g/mol. The molecule has 3 rings (SSSR count). The SMILES string of the molecule is CCn1nnnc1-c1cccc(C(=O)Nc2ccc(C)c(Cl)c2)c1. The standard InChI is InChI=1S/C17H16ClN5O/c1-3-23-16(20-21-22-23)12-5-4-6-13(9-12)17(24)19-14-8-7-11(2)15(18)10-14/h4-10H,3H2,1-2H3,(H,19,24). The van der Waals surface area contributed by atoms with Gasteiger partial charge in [0.1, 0.15) is 0 Å². The van der Waals surface area contributed by atoms with Gasteiger partial charge in [0.2, 0.25) is 0 Å². The lowest BCUT2D eigenvalue weighted by Gasteiger charge is -2.08. The summed E-state index contributed by atoms with van der Waals surface area (Å²) in [6, 6.07) is 12.6. The Morgan fingerprint density at radius 1 is 1.25 bits per heavy atom. The molecule has 0 spiro atoms. The smallest absolute Gasteiger partial charge is 0.255 e. The van der Waals surface area contributed by atoms with Crippen LogP contribution in [0.4, 0.5) is 5.69 Å². The largest absolute Gasteiger partial charge is 0.322 e. The number of halogens is 1. The van der Waals surface area contributed by atoms with Crippen LogP contribution >= 0.6 is 11.6 Å². The van der Waals surface area contributed by atoms with E-state index < -0.39 is 0 Å². The van der Waals surface area contributed by atoms with E-state index in [4.69, 9.17) is 11.6 Å². The van der Waals surface area contributed by atoms with E-state index in [2.05, 4.69) is 20.8 Å². The molecule has 0 radical (unpaired) electrons. The number of anilines is 1. The number of tetrazole rings is 1. The van der Waals surface area contributed by atoms with Crippen LogP contribution in [0.15, 0.2) is 42.5 Å². The number of nitrogens with zero attached hydrogens (tertiary/aromatic N) is 4. The number of aromatic nitrogens is 4. The number of amides is 1. The molecule has 1 N–H and O–H groups in total. The molecule has 24 heavy (non-hydrogen) atoms. The van der Waals surface area contributed by atoms with Crippen molar-refractivity contribution in [2.45, 2.75) is 20.4 Å². The third-order valence-corrected chi connectivity index (χ3v) is 4.05. The maximum atomic E-state index is 12.5. The quantitative estimate of drug-likeness (QED) is 0.787. The summed E-state index contributed by atoms with van der Waals surface area (Å²) in [5.74, 6) is 0.415. The first-order valence-electron chi connectivity index (χ1n) is 7.52. The average molecular weight is 342 g/mol. The topological polar surface area (TPSA) is 72.7 Å². The molecule has 7 heteroatoms. The lowest BCUT2D eigenvalue weighted by Crippen LogP contribution is -2.12. The van der Waals surface area contributed by atoms with Crippen LogP contribution in [0.3, 0.4) is 0 Å². The number of hydrogen-bond donors (Lipinski definition) is 1. The van der Waals surface area contributed by atoms with E-state index in [9.17, 15) is 4.79 Å². The van der Waals surface area contributed by atoms with E-state index >= 15 is 0 Å². The summed E-state index contributed by atoms with van der Waals surface area (Å²) in [5.41, 5.74) is 2.92. The molecule has 3 aromatic rings. The Labute approximate surface area is 144 Å². The van der Waals surface area contributed by atoms with Crippen LogP contribution in [0.25, 0.3) is 11.4 Å². The molecule has 6 nitrogen and oxygen atoms in total. The Morgan fingerprint density at radius 2 is 2.08 bits per heavy atom. The number of benzene rings is 2. The fraction of sp³-hybridized carbons (Fsp3) is 0.176. The molecule has 0 aliphatic rings. The molecule has 2 aromatic carbocycles. The van der Waals surface area contributed by atoms with Gasteiger partial charge in [0.25, 0.3) is 5.91 Å².